The highest BCUT2D eigenvalue weighted by atomic mass is 16.7. The SMILES string of the molecule is CC(=O)OCC1O[C@H](Oc2ccc3c(C)cc(=O)oc3c2)[C@@H](OC(C)=O)[C@@H](OC(C)=O)[C@H]1OC(C)=O. The zero-order chi connectivity index (χ0) is 26.6. The summed E-state index contributed by atoms with van der Waals surface area (Å²) in [5.74, 6) is -2.73. The first-order valence-electron chi connectivity index (χ1n) is 11.0. The first kappa shape index (κ1) is 26.7. The quantitative estimate of drug-likeness (QED) is 0.304. The fourth-order valence-electron chi connectivity index (χ4n) is 3.80. The van der Waals surface area contributed by atoms with E-state index in [0.717, 1.165) is 20.8 Å². The van der Waals surface area contributed by atoms with Crippen molar-refractivity contribution >= 4 is 34.8 Å². The van der Waals surface area contributed by atoms with Crippen molar-refractivity contribution in [2.45, 2.75) is 65.3 Å². The monoisotopic (exact) mass is 506 g/mol. The fourth-order valence-corrected chi connectivity index (χ4v) is 3.80. The summed E-state index contributed by atoms with van der Waals surface area (Å²) in [6.07, 6.45) is -6.61. The minimum absolute atomic E-state index is 0.164. The summed E-state index contributed by atoms with van der Waals surface area (Å²) in [6.45, 7) is 5.91. The third kappa shape index (κ3) is 6.60. The van der Waals surface area contributed by atoms with Gasteiger partial charge in [0.1, 0.15) is 24.0 Å². The molecule has 1 unspecified atom stereocenters. The minimum atomic E-state index is -1.40. The topological polar surface area (TPSA) is 154 Å². The Morgan fingerprint density at radius 2 is 1.44 bits per heavy atom. The van der Waals surface area contributed by atoms with Gasteiger partial charge in [-0.3, -0.25) is 19.2 Å². The van der Waals surface area contributed by atoms with Gasteiger partial charge in [0, 0.05) is 45.2 Å². The Morgan fingerprint density at radius 1 is 0.833 bits per heavy atom. The van der Waals surface area contributed by atoms with Crippen molar-refractivity contribution in [2.75, 3.05) is 6.61 Å². The summed E-state index contributed by atoms with van der Waals surface area (Å²) in [4.78, 5) is 58.9. The first-order valence-corrected chi connectivity index (χ1v) is 11.0. The number of benzene rings is 1. The molecule has 3 rings (SSSR count). The summed E-state index contributed by atoms with van der Waals surface area (Å²) in [5.41, 5.74) is 0.382. The van der Waals surface area contributed by atoms with Gasteiger partial charge in [0.05, 0.1) is 0 Å². The lowest BCUT2D eigenvalue weighted by atomic mass is 9.98. The van der Waals surface area contributed by atoms with Crippen LogP contribution >= 0.6 is 0 Å². The highest BCUT2D eigenvalue weighted by Gasteiger charge is 2.53. The number of ether oxygens (including phenoxy) is 6. The number of fused-ring (bicyclic) bond motifs is 1. The molecule has 1 aromatic carbocycles. The molecule has 0 bridgehead atoms. The Labute approximate surface area is 205 Å². The van der Waals surface area contributed by atoms with Gasteiger partial charge in [0.25, 0.3) is 0 Å². The van der Waals surface area contributed by atoms with E-state index < -0.39 is 60.2 Å². The number of rotatable bonds is 7. The van der Waals surface area contributed by atoms with Crippen molar-refractivity contribution in [1.29, 1.82) is 0 Å². The van der Waals surface area contributed by atoms with E-state index >= 15 is 0 Å². The third-order valence-electron chi connectivity index (χ3n) is 5.12. The zero-order valence-electron chi connectivity index (χ0n) is 20.3. The van der Waals surface area contributed by atoms with Crippen LogP contribution in [0.15, 0.2) is 33.5 Å². The van der Waals surface area contributed by atoms with Gasteiger partial charge in [0.2, 0.25) is 12.4 Å². The molecule has 5 atom stereocenters. The lowest BCUT2D eigenvalue weighted by Gasteiger charge is -2.43. The Bertz CT molecular complexity index is 1220. The number of carbonyl (C=O) groups excluding carboxylic acids is 4. The van der Waals surface area contributed by atoms with Crippen LogP contribution in [0.3, 0.4) is 0 Å². The van der Waals surface area contributed by atoms with E-state index in [9.17, 15) is 24.0 Å². The number of hydrogen-bond donors (Lipinski definition) is 0. The first-order chi connectivity index (χ1) is 16.9. The van der Waals surface area contributed by atoms with Crippen LogP contribution in [0, 0.1) is 6.92 Å². The largest absolute Gasteiger partial charge is 0.463 e. The number of aryl methyl sites for hydroxylation is 1. The number of esters is 4. The molecule has 2 aromatic rings. The molecule has 12 heteroatoms. The fraction of sp³-hybridized carbons (Fsp3) is 0.458. The lowest BCUT2D eigenvalue weighted by Crippen LogP contribution is -2.63. The van der Waals surface area contributed by atoms with Crippen molar-refractivity contribution in [3.63, 3.8) is 0 Å². The van der Waals surface area contributed by atoms with E-state index in [0.29, 0.717) is 10.9 Å². The van der Waals surface area contributed by atoms with Crippen LogP contribution in [0.4, 0.5) is 0 Å². The van der Waals surface area contributed by atoms with Gasteiger partial charge in [-0.15, -0.1) is 0 Å². The van der Waals surface area contributed by atoms with Gasteiger partial charge in [0.15, 0.2) is 12.2 Å². The average molecular weight is 506 g/mol. The second kappa shape index (κ2) is 11.2. The van der Waals surface area contributed by atoms with Gasteiger partial charge < -0.3 is 32.8 Å². The van der Waals surface area contributed by atoms with Crippen LogP contribution in [0.25, 0.3) is 11.0 Å². The van der Waals surface area contributed by atoms with Crippen LogP contribution in [-0.2, 0) is 42.9 Å². The maximum absolute atomic E-state index is 11.9. The second-order valence-corrected chi connectivity index (χ2v) is 8.09. The molecule has 1 aliphatic rings. The Morgan fingerprint density at radius 3 is 2.06 bits per heavy atom. The van der Waals surface area contributed by atoms with Crippen molar-refractivity contribution < 1.29 is 52.0 Å². The molecular weight excluding hydrogens is 480 g/mol. The molecule has 0 spiro atoms. The summed E-state index contributed by atoms with van der Waals surface area (Å²) < 4.78 is 38.2. The van der Waals surface area contributed by atoms with Crippen LogP contribution < -0.4 is 10.4 Å². The molecule has 0 aliphatic carbocycles. The van der Waals surface area contributed by atoms with E-state index in [2.05, 4.69) is 0 Å². The molecule has 12 nitrogen and oxygen atoms in total. The van der Waals surface area contributed by atoms with E-state index in [1.807, 2.05) is 0 Å². The van der Waals surface area contributed by atoms with Crippen molar-refractivity contribution in [1.82, 2.24) is 0 Å². The van der Waals surface area contributed by atoms with Crippen LogP contribution in [0.2, 0.25) is 0 Å². The summed E-state index contributed by atoms with van der Waals surface area (Å²) in [5, 5.41) is 0.670. The molecule has 2 heterocycles. The summed E-state index contributed by atoms with van der Waals surface area (Å²) in [7, 11) is 0. The normalized spacial score (nSPS) is 23.4. The highest BCUT2D eigenvalue weighted by Crippen LogP contribution is 2.32. The molecule has 194 valence electrons. The van der Waals surface area contributed by atoms with Gasteiger partial charge in [-0.25, -0.2) is 4.79 Å². The molecule has 1 saturated heterocycles. The Hall–Kier alpha value is -3.93. The van der Waals surface area contributed by atoms with Crippen molar-refractivity contribution in [3.05, 3.63) is 40.2 Å². The number of carbonyl (C=O) groups is 4. The molecule has 0 saturated carbocycles. The standard InChI is InChI=1S/C24H26O12/c1-11-8-20(29)35-18-9-16(6-7-17(11)18)34-24-23(33-15(5)28)22(32-14(4)27)21(31-13(3)26)19(36-24)10-30-12(2)25/h6-9,19,21-24H,10H2,1-5H3/t19?,21-,22-,23-,24-/m0/s1. The predicted molar refractivity (Wildman–Crippen MR) is 120 cm³/mol. The van der Waals surface area contributed by atoms with Crippen LogP contribution in [0.1, 0.15) is 33.3 Å². The summed E-state index contributed by atoms with van der Waals surface area (Å²) in [6, 6.07) is 6.03. The van der Waals surface area contributed by atoms with E-state index in [4.69, 9.17) is 32.8 Å². The Balaban J connectivity index is 2.02. The molecule has 0 radical (unpaired) electrons. The van der Waals surface area contributed by atoms with Crippen LogP contribution in [-0.4, -0.2) is 61.2 Å². The number of hydrogen-bond acceptors (Lipinski definition) is 12. The average Bonchev–Trinajstić information content (AvgIpc) is 2.75. The van der Waals surface area contributed by atoms with E-state index in [1.165, 1.54) is 19.1 Å². The Kier molecular flexibility index (Phi) is 8.30. The van der Waals surface area contributed by atoms with Gasteiger partial charge in [-0.1, -0.05) is 0 Å². The van der Waals surface area contributed by atoms with Crippen molar-refractivity contribution in [3.8, 4) is 5.75 Å². The maximum atomic E-state index is 11.9. The second-order valence-electron chi connectivity index (χ2n) is 8.09. The molecule has 0 N–H and O–H groups in total. The highest BCUT2D eigenvalue weighted by molar-refractivity contribution is 5.81. The van der Waals surface area contributed by atoms with Gasteiger partial charge in [-0.05, 0) is 24.6 Å². The zero-order valence-corrected chi connectivity index (χ0v) is 20.3. The lowest BCUT2D eigenvalue weighted by molar-refractivity contribution is -0.288. The van der Waals surface area contributed by atoms with Crippen molar-refractivity contribution in [2.24, 2.45) is 0 Å². The third-order valence-corrected chi connectivity index (χ3v) is 5.12. The van der Waals surface area contributed by atoms with Gasteiger partial charge >= 0.3 is 29.5 Å². The predicted octanol–water partition coefficient (Wildman–Crippen LogP) is 1.56. The van der Waals surface area contributed by atoms with Crippen LogP contribution in [0.5, 0.6) is 5.75 Å². The molecule has 1 aliphatic heterocycles. The molecular formula is C24H26O12. The van der Waals surface area contributed by atoms with E-state index in [-0.39, 0.29) is 17.9 Å². The molecule has 1 fully saturated rings. The minimum Gasteiger partial charge on any atom is -0.463 e. The molecule has 0 amide bonds. The van der Waals surface area contributed by atoms with E-state index in [1.54, 1.807) is 19.1 Å². The summed E-state index contributed by atoms with van der Waals surface area (Å²) >= 11 is 0. The van der Waals surface area contributed by atoms with Gasteiger partial charge in [-0.2, -0.15) is 0 Å². The molecule has 36 heavy (non-hydrogen) atoms. The maximum Gasteiger partial charge on any atom is 0.336 e. The molecule has 1 aromatic heterocycles. The smallest absolute Gasteiger partial charge is 0.336 e.